The van der Waals surface area contributed by atoms with E-state index in [2.05, 4.69) is 46.7 Å². The summed E-state index contributed by atoms with van der Waals surface area (Å²) in [6.45, 7) is 4.38. The Hall–Kier alpha value is -4.04. The highest BCUT2D eigenvalue weighted by Gasteiger charge is 2.44. The molecular weight excluding hydrogens is 565 g/mol. The molecule has 0 radical (unpaired) electrons. The first kappa shape index (κ1) is 29.7. The number of rotatable bonds is 8. The molecule has 7 nitrogen and oxygen atoms in total. The van der Waals surface area contributed by atoms with Crippen LogP contribution in [0.15, 0.2) is 72.8 Å². The molecule has 8 heteroatoms. The number of benzene rings is 3. The van der Waals surface area contributed by atoms with Gasteiger partial charge in [0.1, 0.15) is 11.6 Å². The minimum Gasteiger partial charge on any atom is -0.366 e. The Labute approximate surface area is 264 Å². The smallest absolute Gasteiger partial charge is 0.248 e. The SMILES string of the molecule is Cc1nc2ccccc2n1C1CC2CCC(C1)N2CCC1(c2cccc(F)c2)CCN(C(=O)Cc2cccc(C(N)=O)c2)CC1. The number of para-hydroxylation sites is 2. The highest BCUT2D eigenvalue weighted by molar-refractivity contribution is 5.93. The third-order valence-electron chi connectivity index (χ3n) is 10.9. The zero-order valence-electron chi connectivity index (χ0n) is 26.0. The molecule has 1 aromatic heterocycles. The molecule has 2 amide bonds. The van der Waals surface area contributed by atoms with Crippen LogP contribution in [0.4, 0.5) is 4.39 Å². The number of carbonyl (C=O) groups excluding carboxylic acids is 2. The van der Waals surface area contributed by atoms with Crippen LogP contribution in [-0.4, -0.2) is 62.9 Å². The number of carbonyl (C=O) groups is 2. The van der Waals surface area contributed by atoms with E-state index in [9.17, 15) is 14.0 Å². The predicted molar refractivity (Wildman–Crippen MR) is 173 cm³/mol. The van der Waals surface area contributed by atoms with Crippen LogP contribution in [0.25, 0.3) is 11.0 Å². The van der Waals surface area contributed by atoms with Crippen molar-refractivity contribution < 1.29 is 14.0 Å². The summed E-state index contributed by atoms with van der Waals surface area (Å²) in [4.78, 5) is 34.5. The van der Waals surface area contributed by atoms with Gasteiger partial charge < -0.3 is 15.2 Å². The van der Waals surface area contributed by atoms with Crippen molar-refractivity contribution in [2.24, 2.45) is 5.73 Å². The molecule has 2 unspecified atom stereocenters. The number of aromatic nitrogens is 2. The van der Waals surface area contributed by atoms with E-state index >= 15 is 0 Å². The maximum absolute atomic E-state index is 14.6. The van der Waals surface area contributed by atoms with Crippen LogP contribution in [0, 0.1) is 12.7 Å². The van der Waals surface area contributed by atoms with E-state index in [0.29, 0.717) is 36.8 Å². The number of imidazole rings is 1. The van der Waals surface area contributed by atoms with Crippen LogP contribution in [0.1, 0.15) is 78.3 Å². The fourth-order valence-corrected chi connectivity index (χ4v) is 8.60. The van der Waals surface area contributed by atoms with Crippen LogP contribution < -0.4 is 5.73 Å². The fraction of sp³-hybridized carbons (Fsp3) is 0.432. The van der Waals surface area contributed by atoms with Gasteiger partial charge in [0, 0.05) is 36.8 Å². The topological polar surface area (TPSA) is 84.5 Å². The van der Waals surface area contributed by atoms with Gasteiger partial charge in [-0.05, 0) is 111 Å². The second-order valence-electron chi connectivity index (χ2n) is 13.4. The van der Waals surface area contributed by atoms with E-state index in [1.54, 1.807) is 24.3 Å². The van der Waals surface area contributed by atoms with Gasteiger partial charge in [0.2, 0.25) is 11.8 Å². The van der Waals surface area contributed by atoms with Gasteiger partial charge in [0.25, 0.3) is 0 Å². The van der Waals surface area contributed by atoms with Gasteiger partial charge in [0.15, 0.2) is 0 Å². The minimum absolute atomic E-state index is 0.0481. The van der Waals surface area contributed by atoms with Crippen LogP contribution >= 0.6 is 0 Å². The van der Waals surface area contributed by atoms with E-state index in [4.69, 9.17) is 10.7 Å². The zero-order chi connectivity index (χ0) is 31.1. The molecule has 45 heavy (non-hydrogen) atoms. The number of primary amides is 1. The molecule has 4 heterocycles. The quantitative estimate of drug-likeness (QED) is 0.269. The number of piperidine rings is 2. The Kier molecular flexibility index (Phi) is 7.94. The summed E-state index contributed by atoms with van der Waals surface area (Å²) < 4.78 is 17.0. The molecule has 4 aromatic rings. The van der Waals surface area contributed by atoms with Gasteiger partial charge in [-0.1, -0.05) is 36.4 Å². The molecule has 2 N–H and O–H groups in total. The first-order chi connectivity index (χ1) is 21.8. The Bertz CT molecular complexity index is 1710. The normalized spacial score (nSPS) is 23.0. The molecule has 3 fully saturated rings. The standard InChI is InChI=1S/C37H42FN5O2/c1-25-40-33-10-2-3-11-34(33)43(25)32-23-30-12-13-31(24-32)42(30)19-16-37(28-8-5-9-29(38)22-28)14-17-41(18-15-37)35(44)21-26-6-4-7-27(20-26)36(39)45/h2-11,20,22,30-32H,12-19,21,23-24H2,1H3,(H2,39,45). The largest absolute Gasteiger partial charge is 0.366 e. The molecule has 234 valence electrons. The van der Waals surface area contributed by atoms with Gasteiger partial charge in [-0.2, -0.15) is 0 Å². The predicted octanol–water partition coefficient (Wildman–Crippen LogP) is 5.94. The van der Waals surface area contributed by atoms with E-state index < -0.39 is 5.91 Å². The van der Waals surface area contributed by atoms with Crippen molar-refractivity contribution in [2.75, 3.05) is 19.6 Å². The second-order valence-corrected chi connectivity index (χ2v) is 13.4. The average Bonchev–Trinajstić information content (AvgIpc) is 3.50. The number of nitrogens with zero attached hydrogens (tertiary/aromatic N) is 4. The van der Waals surface area contributed by atoms with E-state index in [0.717, 1.165) is 61.1 Å². The minimum atomic E-state index is -0.495. The molecule has 3 aliphatic heterocycles. The summed E-state index contributed by atoms with van der Waals surface area (Å²) in [6.07, 6.45) is 7.48. The lowest BCUT2D eigenvalue weighted by Crippen LogP contribution is -2.49. The van der Waals surface area contributed by atoms with Crippen molar-refractivity contribution in [1.29, 1.82) is 0 Å². The number of likely N-dealkylation sites (tertiary alicyclic amines) is 1. The summed E-state index contributed by atoms with van der Waals surface area (Å²) in [5, 5.41) is 0. The number of nitrogens with two attached hydrogens (primary N) is 1. The third kappa shape index (κ3) is 5.76. The van der Waals surface area contributed by atoms with E-state index in [-0.39, 0.29) is 23.6 Å². The van der Waals surface area contributed by atoms with Gasteiger partial charge in [-0.15, -0.1) is 0 Å². The van der Waals surface area contributed by atoms with E-state index in [1.807, 2.05) is 17.0 Å². The van der Waals surface area contributed by atoms with Crippen molar-refractivity contribution in [2.45, 2.75) is 81.8 Å². The number of fused-ring (bicyclic) bond motifs is 3. The van der Waals surface area contributed by atoms with E-state index in [1.165, 1.54) is 24.4 Å². The zero-order valence-corrected chi connectivity index (χ0v) is 26.0. The third-order valence-corrected chi connectivity index (χ3v) is 10.9. The molecule has 0 aliphatic carbocycles. The molecule has 0 spiro atoms. The molecule has 0 saturated carbocycles. The lowest BCUT2D eigenvalue weighted by Gasteiger charge is -2.45. The lowest BCUT2D eigenvalue weighted by atomic mass is 9.70. The molecule has 3 saturated heterocycles. The lowest BCUT2D eigenvalue weighted by molar-refractivity contribution is -0.132. The summed E-state index contributed by atoms with van der Waals surface area (Å²) in [7, 11) is 0. The number of hydrogen-bond donors (Lipinski definition) is 1. The van der Waals surface area contributed by atoms with Crippen molar-refractivity contribution in [3.05, 3.63) is 101 Å². The van der Waals surface area contributed by atoms with Crippen LogP contribution in [0.2, 0.25) is 0 Å². The monoisotopic (exact) mass is 607 g/mol. The van der Waals surface area contributed by atoms with Gasteiger partial charge in [0.05, 0.1) is 17.5 Å². The van der Waals surface area contributed by atoms with Gasteiger partial charge in [-0.25, -0.2) is 9.37 Å². The number of hydrogen-bond acceptors (Lipinski definition) is 4. The highest BCUT2D eigenvalue weighted by Crippen LogP contribution is 2.45. The van der Waals surface area contributed by atoms with Crippen molar-refractivity contribution in [1.82, 2.24) is 19.4 Å². The first-order valence-electron chi connectivity index (χ1n) is 16.4. The fourth-order valence-electron chi connectivity index (χ4n) is 8.60. The maximum Gasteiger partial charge on any atom is 0.248 e. The van der Waals surface area contributed by atoms with Crippen LogP contribution in [0.3, 0.4) is 0 Å². The first-order valence-corrected chi connectivity index (χ1v) is 16.4. The maximum atomic E-state index is 14.6. The summed E-state index contributed by atoms with van der Waals surface area (Å²) in [6, 6.07) is 24.1. The second kappa shape index (κ2) is 12.0. The average molecular weight is 608 g/mol. The Balaban J connectivity index is 1.05. The number of aryl methyl sites for hydroxylation is 1. The van der Waals surface area contributed by atoms with Crippen molar-refractivity contribution in [3.63, 3.8) is 0 Å². The Morgan fingerprint density at radius 1 is 0.933 bits per heavy atom. The number of halogens is 1. The molecule has 2 bridgehead atoms. The van der Waals surface area contributed by atoms with Gasteiger partial charge in [-0.3, -0.25) is 14.5 Å². The Morgan fingerprint density at radius 3 is 2.40 bits per heavy atom. The summed E-state index contributed by atoms with van der Waals surface area (Å²) >= 11 is 0. The number of amides is 2. The van der Waals surface area contributed by atoms with Gasteiger partial charge >= 0.3 is 0 Å². The van der Waals surface area contributed by atoms with Crippen LogP contribution in [-0.2, 0) is 16.6 Å². The summed E-state index contributed by atoms with van der Waals surface area (Å²) in [5.41, 5.74) is 9.82. The molecular formula is C37H42FN5O2. The highest BCUT2D eigenvalue weighted by atomic mass is 19.1. The van der Waals surface area contributed by atoms with Crippen molar-refractivity contribution >= 4 is 22.8 Å². The Morgan fingerprint density at radius 2 is 1.67 bits per heavy atom. The van der Waals surface area contributed by atoms with Crippen molar-refractivity contribution in [3.8, 4) is 0 Å². The molecule has 7 rings (SSSR count). The molecule has 3 aliphatic rings. The molecule has 3 aromatic carbocycles. The molecule has 2 atom stereocenters. The summed E-state index contributed by atoms with van der Waals surface area (Å²) in [5.74, 6) is 0.446. The van der Waals surface area contributed by atoms with Crippen LogP contribution in [0.5, 0.6) is 0 Å².